The summed E-state index contributed by atoms with van der Waals surface area (Å²) in [6, 6.07) is 7.59. The van der Waals surface area contributed by atoms with Gasteiger partial charge in [0.25, 0.3) is 5.91 Å². The lowest BCUT2D eigenvalue weighted by atomic mass is 9.96. The molecule has 150 valence electrons. The summed E-state index contributed by atoms with van der Waals surface area (Å²) in [5.41, 5.74) is 10.7. The van der Waals surface area contributed by atoms with Gasteiger partial charge in [-0.3, -0.25) is 4.79 Å². The Morgan fingerprint density at radius 1 is 0.964 bits per heavy atom. The van der Waals surface area contributed by atoms with E-state index in [1.165, 1.54) is 39.2 Å². The van der Waals surface area contributed by atoms with Gasteiger partial charge in [0.15, 0.2) is 0 Å². The summed E-state index contributed by atoms with van der Waals surface area (Å²) in [7, 11) is 1.37. The van der Waals surface area contributed by atoms with E-state index < -0.39 is 5.91 Å². The second-order valence-electron chi connectivity index (χ2n) is 7.72. The van der Waals surface area contributed by atoms with Crippen LogP contribution >= 0.6 is 0 Å². The van der Waals surface area contributed by atoms with Crippen molar-refractivity contribution < 1.29 is 14.3 Å². The number of methoxy groups -OCH3 is 1. The van der Waals surface area contributed by atoms with Crippen molar-refractivity contribution >= 4 is 11.9 Å². The first kappa shape index (κ1) is 20.2. The number of benzene rings is 1. The third kappa shape index (κ3) is 3.84. The molecule has 1 aliphatic carbocycles. The van der Waals surface area contributed by atoms with E-state index in [0.717, 1.165) is 35.4 Å². The molecule has 1 aromatic heterocycles. The molecule has 1 fully saturated rings. The van der Waals surface area contributed by atoms with E-state index in [1.54, 1.807) is 12.1 Å². The lowest BCUT2D eigenvalue weighted by Crippen LogP contribution is -2.16. The molecule has 2 N–H and O–H groups in total. The van der Waals surface area contributed by atoms with Gasteiger partial charge in [0, 0.05) is 23.0 Å². The number of rotatable bonds is 4. The number of carbonyl (C=O) groups excluding carboxylic acids is 2. The zero-order valence-corrected chi connectivity index (χ0v) is 17.1. The number of nitrogens with two attached hydrogens (primary N) is 1. The van der Waals surface area contributed by atoms with Crippen molar-refractivity contribution in [1.29, 1.82) is 0 Å². The van der Waals surface area contributed by atoms with Crippen LogP contribution in [0.3, 0.4) is 0 Å². The van der Waals surface area contributed by atoms with Gasteiger partial charge in [0.05, 0.1) is 18.2 Å². The Morgan fingerprint density at radius 2 is 1.54 bits per heavy atom. The molecule has 1 amide bonds. The van der Waals surface area contributed by atoms with Gasteiger partial charge >= 0.3 is 5.97 Å². The smallest absolute Gasteiger partial charge is 0.337 e. The number of aromatic nitrogens is 1. The Balaban J connectivity index is 2.08. The fourth-order valence-electron chi connectivity index (χ4n) is 4.64. The molecule has 0 atom stereocenters. The van der Waals surface area contributed by atoms with E-state index in [2.05, 4.69) is 11.5 Å². The highest BCUT2D eigenvalue weighted by atomic mass is 16.5. The van der Waals surface area contributed by atoms with Crippen LogP contribution < -0.4 is 5.73 Å². The molecule has 5 heteroatoms. The van der Waals surface area contributed by atoms with Crippen molar-refractivity contribution in [2.75, 3.05) is 7.11 Å². The Hall–Kier alpha value is -2.56. The molecule has 0 radical (unpaired) electrons. The highest BCUT2D eigenvalue weighted by molar-refractivity contribution is 6.02. The van der Waals surface area contributed by atoms with Gasteiger partial charge in [-0.2, -0.15) is 0 Å². The minimum Gasteiger partial charge on any atom is -0.465 e. The number of nitrogens with zero attached hydrogens (tertiary/aromatic N) is 1. The van der Waals surface area contributed by atoms with Gasteiger partial charge in [-0.1, -0.05) is 44.2 Å². The Labute approximate surface area is 166 Å². The van der Waals surface area contributed by atoms with Crippen molar-refractivity contribution in [3.05, 3.63) is 46.8 Å². The molecule has 0 saturated heterocycles. The molecule has 5 nitrogen and oxygen atoms in total. The molecule has 2 aromatic rings. The van der Waals surface area contributed by atoms with E-state index >= 15 is 0 Å². The van der Waals surface area contributed by atoms with E-state index in [-0.39, 0.29) is 5.97 Å². The molecular formula is C23H30N2O3. The van der Waals surface area contributed by atoms with Crippen molar-refractivity contribution in [3.8, 4) is 11.1 Å². The summed E-state index contributed by atoms with van der Waals surface area (Å²) in [4.78, 5) is 24.1. The fraction of sp³-hybridized carbons (Fsp3) is 0.478. The van der Waals surface area contributed by atoms with E-state index in [9.17, 15) is 9.59 Å². The molecule has 1 aromatic carbocycles. The van der Waals surface area contributed by atoms with Gasteiger partial charge < -0.3 is 15.0 Å². The summed E-state index contributed by atoms with van der Waals surface area (Å²) in [5.74, 6) is -0.779. The molecule has 1 aliphatic rings. The SMILES string of the molecule is COC(=O)c1ccc(-c2c(C(N)=O)c(C)n(C3CCCCCCC3)c2C)cc1. The van der Waals surface area contributed by atoms with Crippen LogP contribution in [0.4, 0.5) is 0 Å². The van der Waals surface area contributed by atoms with Gasteiger partial charge in [0.2, 0.25) is 0 Å². The minimum atomic E-state index is -0.405. The van der Waals surface area contributed by atoms with Crippen molar-refractivity contribution in [3.63, 3.8) is 0 Å². The number of hydrogen-bond acceptors (Lipinski definition) is 3. The molecule has 28 heavy (non-hydrogen) atoms. The quantitative estimate of drug-likeness (QED) is 0.761. The summed E-state index contributed by atoms with van der Waals surface area (Å²) >= 11 is 0. The second kappa shape index (κ2) is 8.63. The molecule has 0 aliphatic heterocycles. The highest BCUT2D eigenvalue weighted by Crippen LogP contribution is 2.37. The first-order valence-electron chi connectivity index (χ1n) is 10.2. The van der Waals surface area contributed by atoms with E-state index in [0.29, 0.717) is 17.2 Å². The second-order valence-corrected chi connectivity index (χ2v) is 7.72. The first-order chi connectivity index (χ1) is 13.5. The predicted octanol–water partition coefficient (Wildman–Crippen LogP) is 4.94. The average Bonchev–Trinajstić information content (AvgIpc) is 2.92. The van der Waals surface area contributed by atoms with Crippen LogP contribution in [-0.4, -0.2) is 23.6 Å². The molecule has 0 bridgehead atoms. The topological polar surface area (TPSA) is 74.3 Å². The number of amides is 1. The fourth-order valence-corrected chi connectivity index (χ4v) is 4.64. The first-order valence-corrected chi connectivity index (χ1v) is 10.2. The number of primary amides is 1. The number of carbonyl (C=O) groups is 2. The van der Waals surface area contributed by atoms with Crippen LogP contribution in [0.25, 0.3) is 11.1 Å². The maximum atomic E-state index is 12.3. The maximum absolute atomic E-state index is 12.3. The van der Waals surface area contributed by atoms with E-state index in [4.69, 9.17) is 10.5 Å². The predicted molar refractivity (Wildman–Crippen MR) is 111 cm³/mol. The largest absolute Gasteiger partial charge is 0.465 e. The molecular weight excluding hydrogens is 352 g/mol. The Morgan fingerprint density at radius 3 is 2.07 bits per heavy atom. The molecule has 3 rings (SSSR count). The third-order valence-corrected chi connectivity index (χ3v) is 5.98. The summed E-state index contributed by atoms with van der Waals surface area (Å²) < 4.78 is 7.10. The van der Waals surface area contributed by atoms with Crippen molar-refractivity contribution in [2.24, 2.45) is 5.73 Å². The lowest BCUT2D eigenvalue weighted by Gasteiger charge is -2.25. The highest BCUT2D eigenvalue weighted by Gasteiger charge is 2.26. The maximum Gasteiger partial charge on any atom is 0.337 e. The summed E-state index contributed by atoms with van der Waals surface area (Å²) in [6.45, 7) is 4.07. The van der Waals surface area contributed by atoms with Crippen LogP contribution in [-0.2, 0) is 4.74 Å². The third-order valence-electron chi connectivity index (χ3n) is 5.98. The molecule has 1 heterocycles. The minimum absolute atomic E-state index is 0.373. The van der Waals surface area contributed by atoms with Gasteiger partial charge in [0.1, 0.15) is 0 Å². The van der Waals surface area contributed by atoms with Crippen molar-refractivity contribution in [1.82, 2.24) is 4.57 Å². The number of hydrogen-bond donors (Lipinski definition) is 1. The normalized spacial score (nSPS) is 15.7. The van der Waals surface area contributed by atoms with Gasteiger partial charge in [-0.25, -0.2) is 4.79 Å². The number of esters is 1. The van der Waals surface area contributed by atoms with Crippen LogP contribution in [0.5, 0.6) is 0 Å². The standard InChI is InChI=1S/C23H30N2O3/c1-15-20(17-11-13-18(14-12-17)23(27)28-3)21(22(24)26)16(2)25(15)19-9-7-5-4-6-8-10-19/h11-14,19H,4-10H2,1-3H3,(H2,24,26). The molecule has 0 spiro atoms. The van der Waals surface area contributed by atoms with Gasteiger partial charge in [-0.15, -0.1) is 0 Å². The molecule has 1 saturated carbocycles. The molecule has 0 unspecified atom stereocenters. The zero-order chi connectivity index (χ0) is 20.3. The van der Waals surface area contributed by atoms with Crippen LogP contribution in [0, 0.1) is 13.8 Å². The zero-order valence-electron chi connectivity index (χ0n) is 17.1. The van der Waals surface area contributed by atoms with Crippen molar-refractivity contribution in [2.45, 2.75) is 64.8 Å². The summed E-state index contributed by atoms with van der Waals surface area (Å²) in [6.07, 6.45) is 8.58. The number of ether oxygens (including phenoxy) is 1. The van der Waals surface area contributed by atoms with Crippen LogP contribution in [0.1, 0.15) is 83.1 Å². The summed E-state index contributed by atoms with van der Waals surface area (Å²) in [5, 5.41) is 0. The van der Waals surface area contributed by atoms with Crippen LogP contribution in [0.15, 0.2) is 24.3 Å². The Kier molecular flexibility index (Phi) is 6.22. The Bertz CT molecular complexity index is 857. The van der Waals surface area contributed by atoms with Crippen LogP contribution in [0.2, 0.25) is 0 Å². The average molecular weight is 383 g/mol. The monoisotopic (exact) mass is 382 g/mol. The van der Waals surface area contributed by atoms with Gasteiger partial charge in [-0.05, 0) is 44.4 Å². The van der Waals surface area contributed by atoms with E-state index in [1.807, 2.05) is 19.1 Å². The lowest BCUT2D eigenvalue weighted by molar-refractivity contribution is 0.0600.